The van der Waals surface area contributed by atoms with Gasteiger partial charge in [-0.1, -0.05) is 13.3 Å². The van der Waals surface area contributed by atoms with E-state index in [0.29, 0.717) is 18.6 Å². The number of aliphatic carboxylic acids is 1. The summed E-state index contributed by atoms with van der Waals surface area (Å²) >= 11 is 0. The van der Waals surface area contributed by atoms with Gasteiger partial charge in [0.15, 0.2) is 11.6 Å². The van der Waals surface area contributed by atoms with E-state index in [-0.39, 0.29) is 6.42 Å². The van der Waals surface area contributed by atoms with Gasteiger partial charge >= 0.3 is 5.97 Å². The Hall–Kier alpha value is -1.56. The predicted molar refractivity (Wildman–Crippen MR) is 57.3 cm³/mol. The average molecular weight is 262 g/mol. The molecule has 0 heterocycles. The minimum atomic E-state index is -1.71. The van der Waals surface area contributed by atoms with E-state index >= 15 is 0 Å². The monoisotopic (exact) mass is 262 g/mol. The number of hydrogen-bond donors (Lipinski definition) is 2. The van der Waals surface area contributed by atoms with Gasteiger partial charge in [0.1, 0.15) is 5.82 Å². The Labute approximate surface area is 102 Å². The lowest BCUT2D eigenvalue weighted by Crippen LogP contribution is -2.23. The van der Waals surface area contributed by atoms with Crippen molar-refractivity contribution < 1.29 is 28.2 Å². The van der Waals surface area contributed by atoms with E-state index in [0.717, 1.165) is 0 Å². The third-order valence-corrected chi connectivity index (χ3v) is 2.66. The van der Waals surface area contributed by atoms with Crippen LogP contribution >= 0.6 is 0 Å². The molecule has 0 aliphatic heterocycles. The largest absolute Gasteiger partial charge is 0.481 e. The van der Waals surface area contributed by atoms with Gasteiger partial charge in [0.2, 0.25) is 0 Å². The summed E-state index contributed by atoms with van der Waals surface area (Å²) in [6, 6.07) is 0.777. The van der Waals surface area contributed by atoms with Crippen LogP contribution in [0.2, 0.25) is 0 Å². The van der Waals surface area contributed by atoms with Crippen LogP contribution in [0.25, 0.3) is 0 Å². The number of hydrogen-bond acceptors (Lipinski definition) is 2. The second kappa shape index (κ2) is 5.86. The third kappa shape index (κ3) is 3.01. The highest BCUT2D eigenvalue weighted by molar-refractivity contribution is 5.71. The highest BCUT2D eigenvalue weighted by Gasteiger charge is 2.29. The average Bonchev–Trinajstić information content (AvgIpc) is 2.29. The number of benzene rings is 1. The Morgan fingerprint density at radius 1 is 1.22 bits per heavy atom. The highest BCUT2D eigenvalue weighted by Crippen LogP contribution is 2.29. The van der Waals surface area contributed by atoms with E-state index in [2.05, 4.69) is 0 Å². The van der Waals surface area contributed by atoms with Gasteiger partial charge in [-0.25, -0.2) is 13.2 Å². The van der Waals surface area contributed by atoms with Crippen molar-refractivity contribution in [2.75, 3.05) is 0 Å². The van der Waals surface area contributed by atoms with Crippen molar-refractivity contribution >= 4 is 5.97 Å². The molecule has 0 fully saturated rings. The third-order valence-electron chi connectivity index (χ3n) is 2.66. The molecule has 6 heteroatoms. The summed E-state index contributed by atoms with van der Waals surface area (Å²) in [4.78, 5) is 10.9. The van der Waals surface area contributed by atoms with Crippen molar-refractivity contribution in [2.45, 2.75) is 25.9 Å². The van der Waals surface area contributed by atoms with Crippen LogP contribution in [0.4, 0.5) is 13.2 Å². The fourth-order valence-electron chi connectivity index (χ4n) is 1.71. The number of aliphatic hydroxyl groups excluding tert-OH is 1. The molecular formula is C12H13F3O3. The quantitative estimate of drug-likeness (QED) is 0.802. The minimum absolute atomic E-state index is 0.106. The smallest absolute Gasteiger partial charge is 0.309 e. The van der Waals surface area contributed by atoms with E-state index in [9.17, 15) is 23.1 Å². The zero-order chi connectivity index (χ0) is 13.9. The molecule has 18 heavy (non-hydrogen) atoms. The second-order valence-corrected chi connectivity index (χ2v) is 3.97. The summed E-state index contributed by atoms with van der Waals surface area (Å²) in [7, 11) is 0. The van der Waals surface area contributed by atoms with Crippen LogP contribution in [-0.2, 0) is 4.79 Å². The SMILES string of the molecule is CCCC(C(=O)O)C(O)c1cc(F)c(F)cc1F. The van der Waals surface area contributed by atoms with Gasteiger partial charge in [0.25, 0.3) is 0 Å². The topological polar surface area (TPSA) is 57.5 Å². The van der Waals surface area contributed by atoms with Gasteiger partial charge in [0, 0.05) is 11.6 Å². The Bertz CT molecular complexity index is 448. The van der Waals surface area contributed by atoms with Crippen molar-refractivity contribution in [2.24, 2.45) is 5.92 Å². The molecule has 0 bridgehead atoms. The number of halogens is 3. The van der Waals surface area contributed by atoms with E-state index in [1.807, 2.05) is 0 Å². The molecule has 1 aromatic rings. The number of rotatable bonds is 5. The van der Waals surface area contributed by atoms with Crippen molar-refractivity contribution in [3.05, 3.63) is 35.1 Å². The highest BCUT2D eigenvalue weighted by atomic mass is 19.2. The van der Waals surface area contributed by atoms with Crippen LogP contribution in [-0.4, -0.2) is 16.2 Å². The predicted octanol–water partition coefficient (Wildman–Crippen LogP) is 2.64. The first-order chi connectivity index (χ1) is 8.38. The summed E-state index contributed by atoms with van der Waals surface area (Å²) in [5, 5.41) is 18.7. The van der Waals surface area contributed by atoms with E-state index < -0.39 is 41.0 Å². The van der Waals surface area contributed by atoms with Crippen molar-refractivity contribution in [3.63, 3.8) is 0 Å². The van der Waals surface area contributed by atoms with Gasteiger partial charge in [-0.15, -0.1) is 0 Å². The molecule has 0 aliphatic carbocycles. The zero-order valence-corrected chi connectivity index (χ0v) is 9.66. The Morgan fingerprint density at radius 2 is 1.78 bits per heavy atom. The lowest BCUT2D eigenvalue weighted by molar-refractivity contribution is -0.146. The van der Waals surface area contributed by atoms with Gasteiger partial charge in [-0.2, -0.15) is 0 Å². The molecule has 3 nitrogen and oxygen atoms in total. The van der Waals surface area contributed by atoms with Gasteiger partial charge in [0.05, 0.1) is 12.0 Å². The summed E-state index contributed by atoms with van der Waals surface area (Å²) in [5.74, 6) is -6.44. The molecule has 1 aromatic carbocycles. The normalized spacial score (nSPS) is 14.3. The maximum atomic E-state index is 13.4. The fourth-order valence-corrected chi connectivity index (χ4v) is 1.71. The van der Waals surface area contributed by atoms with Gasteiger partial charge in [-0.05, 0) is 12.5 Å². The van der Waals surface area contributed by atoms with Gasteiger partial charge in [-0.3, -0.25) is 4.79 Å². The van der Waals surface area contributed by atoms with Crippen molar-refractivity contribution in [1.82, 2.24) is 0 Å². The van der Waals surface area contributed by atoms with E-state index in [4.69, 9.17) is 5.11 Å². The maximum Gasteiger partial charge on any atom is 0.309 e. The Balaban J connectivity index is 3.12. The summed E-state index contributed by atoms with van der Waals surface area (Å²) in [6.07, 6.45) is -1.15. The van der Waals surface area contributed by atoms with Crippen LogP contribution in [0.1, 0.15) is 31.4 Å². The van der Waals surface area contributed by atoms with Crippen molar-refractivity contribution in [3.8, 4) is 0 Å². The number of carboxylic acid groups (broad SMARTS) is 1. The number of carbonyl (C=O) groups is 1. The lowest BCUT2D eigenvalue weighted by atomic mass is 9.91. The number of aliphatic hydroxyl groups is 1. The Morgan fingerprint density at radius 3 is 2.28 bits per heavy atom. The first kappa shape index (κ1) is 14.5. The molecule has 0 amide bonds. The molecule has 0 radical (unpaired) electrons. The second-order valence-electron chi connectivity index (χ2n) is 3.97. The molecule has 2 unspecified atom stereocenters. The van der Waals surface area contributed by atoms with E-state index in [1.165, 1.54) is 0 Å². The molecule has 2 atom stereocenters. The fraction of sp³-hybridized carbons (Fsp3) is 0.417. The molecular weight excluding hydrogens is 249 g/mol. The molecule has 1 rings (SSSR count). The maximum absolute atomic E-state index is 13.4. The van der Waals surface area contributed by atoms with Gasteiger partial charge < -0.3 is 10.2 Å². The summed E-state index contributed by atoms with van der Waals surface area (Å²) in [5.41, 5.74) is -0.547. The molecule has 100 valence electrons. The van der Waals surface area contributed by atoms with Crippen LogP contribution < -0.4 is 0 Å². The molecule has 0 aromatic heterocycles. The first-order valence-electron chi connectivity index (χ1n) is 5.43. The lowest BCUT2D eigenvalue weighted by Gasteiger charge is -2.19. The summed E-state index contributed by atoms with van der Waals surface area (Å²) < 4.78 is 39.1. The standard InChI is InChI=1S/C12H13F3O3/c1-2-3-6(12(17)18)11(16)7-4-9(14)10(15)5-8(7)13/h4-6,11,16H,2-3H2,1H3,(H,17,18). The van der Waals surface area contributed by atoms with Crippen LogP contribution in [0, 0.1) is 23.4 Å². The molecule has 0 aliphatic rings. The Kier molecular flexibility index (Phi) is 4.72. The molecule has 2 N–H and O–H groups in total. The molecule has 0 saturated carbocycles. The molecule has 0 spiro atoms. The van der Waals surface area contributed by atoms with Crippen molar-refractivity contribution in [1.29, 1.82) is 0 Å². The number of carboxylic acids is 1. The van der Waals surface area contributed by atoms with Crippen LogP contribution in [0.5, 0.6) is 0 Å². The molecule has 0 saturated heterocycles. The van der Waals surface area contributed by atoms with E-state index in [1.54, 1.807) is 6.92 Å². The first-order valence-corrected chi connectivity index (χ1v) is 5.43. The zero-order valence-electron chi connectivity index (χ0n) is 9.66. The van der Waals surface area contributed by atoms with Crippen LogP contribution in [0.3, 0.4) is 0 Å². The minimum Gasteiger partial charge on any atom is -0.481 e. The van der Waals surface area contributed by atoms with Crippen LogP contribution in [0.15, 0.2) is 12.1 Å². The summed E-state index contributed by atoms with van der Waals surface area (Å²) in [6.45, 7) is 1.70.